The van der Waals surface area contributed by atoms with Crippen LogP contribution in [-0.2, 0) is 15.6 Å². The van der Waals surface area contributed by atoms with Gasteiger partial charge in [0.2, 0.25) is 0 Å². The molecule has 0 spiro atoms. The monoisotopic (exact) mass is 270 g/mol. The second-order valence-corrected chi connectivity index (χ2v) is 5.64. The van der Waals surface area contributed by atoms with Crippen LogP contribution in [0.2, 0.25) is 0 Å². The fourth-order valence-electron chi connectivity index (χ4n) is 1.24. The van der Waals surface area contributed by atoms with Gasteiger partial charge in [0.05, 0.1) is 5.75 Å². The Bertz CT molecular complexity index is 456. The molecule has 0 aliphatic carbocycles. The molecule has 0 radical (unpaired) electrons. The zero-order valence-electron chi connectivity index (χ0n) is 8.61. The van der Waals surface area contributed by atoms with Gasteiger partial charge in [0.15, 0.2) is 9.84 Å². The van der Waals surface area contributed by atoms with Gasteiger partial charge in [-0.3, -0.25) is 0 Å². The lowest BCUT2D eigenvalue weighted by Gasteiger charge is -2.15. The van der Waals surface area contributed by atoms with Gasteiger partial charge in [-0.15, -0.1) is 0 Å². The molecule has 1 aromatic carbocycles. The summed E-state index contributed by atoms with van der Waals surface area (Å²) in [7, 11) is -4.27. The van der Waals surface area contributed by atoms with Crippen molar-refractivity contribution in [2.45, 2.75) is 18.1 Å². The topological polar surface area (TPSA) is 34.1 Å². The number of rotatable bonds is 5. The Morgan fingerprint density at radius 3 is 2.12 bits per heavy atom. The number of alkyl halides is 4. The summed E-state index contributed by atoms with van der Waals surface area (Å²) >= 11 is 0. The van der Waals surface area contributed by atoms with E-state index in [0.717, 1.165) is 0 Å². The molecule has 1 aromatic rings. The normalized spacial score (nSPS) is 13.0. The van der Waals surface area contributed by atoms with Crippen LogP contribution in [0.5, 0.6) is 0 Å². The second-order valence-electron chi connectivity index (χ2n) is 3.58. The van der Waals surface area contributed by atoms with E-state index in [2.05, 4.69) is 0 Å². The van der Waals surface area contributed by atoms with Crippen molar-refractivity contribution in [1.29, 1.82) is 0 Å². The summed E-state index contributed by atoms with van der Waals surface area (Å²) in [6, 6.07) is 7.56. The molecule has 17 heavy (non-hydrogen) atoms. The van der Waals surface area contributed by atoms with Crippen molar-refractivity contribution in [2.75, 3.05) is 5.75 Å². The average Bonchev–Trinajstić information content (AvgIpc) is 2.16. The second kappa shape index (κ2) is 5.03. The summed E-state index contributed by atoms with van der Waals surface area (Å²) in [5.74, 6) is -7.02. The first kappa shape index (κ1) is 14.0. The molecule has 1 rings (SSSR count). The van der Waals surface area contributed by atoms with Crippen LogP contribution in [0.15, 0.2) is 30.3 Å². The van der Waals surface area contributed by atoms with Crippen LogP contribution < -0.4 is 0 Å². The quantitative estimate of drug-likeness (QED) is 0.770. The molecule has 2 nitrogen and oxygen atoms in total. The Morgan fingerprint density at radius 1 is 1.12 bits per heavy atom. The Kier molecular flexibility index (Phi) is 4.13. The Hall–Kier alpha value is -1.11. The van der Waals surface area contributed by atoms with Gasteiger partial charge < -0.3 is 0 Å². The number of halogens is 4. The van der Waals surface area contributed by atoms with E-state index in [4.69, 9.17) is 0 Å². The first-order valence-electron chi connectivity index (χ1n) is 4.63. The Morgan fingerprint density at radius 2 is 1.65 bits per heavy atom. The molecule has 7 heteroatoms. The van der Waals surface area contributed by atoms with Crippen molar-refractivity contribution in [3.8, 4) is 0 Å². The highest BCUT2D eigenvalue weighted by Gasteiger charge is 2.44. The molecule has 0 bridgehead atoms. The Balaban J connectivity index is 2.78. The zero-order valence-corrected chi connectivity index (χ0v) is 9.43. The van der Waals surface area contributed by atoms with Crippen molar-refractivity contribution in [3.05, 3.63) is 35.9 Å². The van der Waals surface area contributed by atoms with E-state index in [1.54, 1.807) is 6.07 Å². The molecule has 0 fully saturated rings. The molecular formula is C10H10F4O2S. The summed E-state index contributed by atoms with van der Waals surface area (Å²) in [6.07, 6.45) is -3.98. The molecule has 0 unspecified atom stereocenters. The third-order valence-corrected chi connectivity index (χ3v) is 3.56. The molecule has 0 aliphatic rings. The molecule has 0 amide bonds. The summed E-state index contributed by atoms with van der Waals surface area (Å²) in [5.41, 5.74) is 0.289. The number of benzene rings is 1. The van der Waals surface area contributed by atoms with Crippen LogP contribution in [0.3, 0.4) is 0 Å². The molecule has 0 aliphatic heterocycles. The molecule has 0 saturated carbocycles. The summed E-state index contributed by atoms with van der Waals surface area (Å²) in [4.78, 5) is 0. The predicted octanol–water partition coefficient (Wildman–Crippen LogP) is 2.50. The zero-order chi connectivity index (χ0) is 13.1. The van der Waals surface area contributed by atoms with E-state index in [1.807, 2.05) is 0 Å². The third kappa shape index (κ3) is 4.33. The van der Waals surface area contributed by atoms with Crippen molar-refractivity contribution in [1.82, 2.24) is 0 Å². The molecule has 0 aromatic heterocycles. The molecule has 0 saturated heterocycles. The van der Waals surface area contributed by atoms with E-state index < -0.39 is 33.7 Å². The highest BCUT2D eigenvalue weighted by molar-refractivity contribution is 7.90. The van der Waals surface area contributed by atoms with Crippen LogP contribution >= 0.6 is 0 Å². The van der Waals surface area contributed by atoms with Gasteiger partial charge in [0, 0.05) is 0 Å². The van der Waals surface area contributed by atoms with Gasteiger partial charge in [0.1, 0.15) is 5.75 Å². The molecule has 0 N–H and O–H groups in total. The van der Waals surface area contributed by atoms with Gasteiger partial charge in [-0.2, -0.15) is 8.78 Å². The number of hydrogen-bond acceptors (Lipinski definition) is 2. The highest BCUT2D eigenvalue weighted by atomic mass is 32.2. The van der Waals surface area contributed by atoms with E-state index in [1.165, 1.54) is 24.3 Å². The van der Waals surface area contributed by atoms with Crippen LogP contribution in [0.25, 0.3) is 0 Å². The van der Waals surface area contributed by atoms with Crippen LogP contribution in [0.4, 0.5) is 17.6 Å². The predicted molar refractivity (Wildman–Crippen MR) is 54.9 cm³/mol. The van der Waals surface area contributed by atoms with Gasteiger partial charge in [-0.05, 0) is 5.56 Å². The lowest BCUT2D eigenvalue weighted by Crippen LogP contribution is -2.35. The van der Waals surface area contributed by atoms with Crippen molar-refractivity contribution >= 4 is 9.84 Å². The first-order valence-corrected chi connectivity index (χ1v) is 6.45. The maximum absolute atomic E-state index is 12.6. The van der Waals surface area contributed by atoms with Gasteiger partial charge in [-0.25, -0.2) is 17.2 Å². The molecule has 0 atom stereocenters. The summed E-state index contributed by atoms with van der Waals surface area (Å²) in [5, 5.41) is 0. The van der Waals surface area contributed by atoms with Crippen molar-refractivity contribution < 1.29 is 26.0 Å². The summed E-state index contributed by atoms with van der Waals surface area (Å²) < 4.78 is 71.6. The van der Waals surface area contributed by atoms with Gasteiger partial charge >= 0.3 is 12.3 Å². The first-order chi connectivity index (χ1) is 7.73. The van der Waals surface area contributed by atoms with Crippen LogP contribution in [0, 0.1) is 0 Å². The van der Waals surface area contributed by atoms with E-state index in [9.17, 15) is 26.0 Å². The minimum Gasteiger partial charge on any atom is -0.228 e. The van der Waals surface area contributed by atoms with Gasteiger partial charge in [-0.1, -0.05) is 30.3 Å². The van der Waals surface area contributed by atoms with Crippen molar-refractivity contribution in [3.63, 3.8) is 0 Å². The number of sulfone groups is 1. The SMILES string of the molecule is O=S(=O)(Cc1ccccc1)CC(F)(F)C(F)F. The average molecular weight is 270 g/mol. The lowest BCUT2D eigenvalue weighted by molar-refractivity contribution is -0.111. The maximum Gasteiger partial charge on any atom is 0.321 e. The maximum atomic E-state index is 12.6. The fraction of sp³-hybridized carbons (Fsp3) is 0.400. The largest absolute Gasteiger partial charge is 0.321 e. The lowest BCUT2D eigenvalue weighted by atomic mass is 10.2. The summed E-state index contributed by atoms with van der Waals surface area (Å²) in [6.45, 7) is 0. The minimum absolute atomic E-state index is 0.289. The molecule has 0 heterocycles. The number of hydrogen-bond donors (Lipinski definition) is 0. The van der Waals surface area contributed by atoms with E-state index in [-0.39, 0.29) is 5.56 Å². The smallest absolute Gasteiger partial charge is 0.228 e. The van der Waals surface area contributed by atoms with E-state index >= 15 is 0 Å². The molecular weight excluding hydrogens is 260 g/mol. The fourth-order valence-corrected chi connectivity index (χ4v) is 2.75. The van der Waals surface area contributed by atoms with Crippen LogP contribution in [0.1, 0.15) is 5.56 Å². The standard InChI is InChI=1S/C10H10F4O2S/c11-9(12)10(13,14)7-17(15,16)6-8-4-2-1-3-5-8/h1-5,9H,6-7H2. The third-order valence-electron chi connectivity index (χ3n) is 1.96. The Labute approximate surface area is 96.2 Å². The van der Waals surface area contributed by atoms with Gasteiger partial charge in [0.25, 0.3) is 0 Å². The van der Waals surface area contributed by atoms with Crippen LogP contribution in [-0.4, -0.2) is 26.5 Å². The molecule has 96 valence electrons. The highest BCUT2D eigenvalue weighted by Crippen LogP contribution is 2.25. The van der Waals surface area contributed by atoms with Crippen molar-refractivity contribution in [2.24, 2.45) is 0 Å². The minimum atomic E-state index is -4.51. The van der Waals surface area contributed by atoms with E-state index in [0.29, 0.717) is 0 Å².